The highest BCUT2D eigenvalue weighted by Gasteiger charge is 2.21. The smallest absolute Gasteiger partial charge is 0.155 e. The average Bonchev–Trinajstić information content (AvgIpc) is 2.23. The summed E-state index contributed by atoms with van der Waals surface area (Å²) in [4.78, 5) is 0. The Bertz CT molecular complexity index is 436. The molecule has 0 aromatic heterocycles. The topological polar surface area (TPSA) is 42.2 Å². The molecule has 0 N–H and O–H groups in total. The molecule has 0 bridgehead atoms. The normalized spacial score (nSPS) is 9.60. The minimum Gasteiger partial charge on any atom is -0.494 e. The van der Waals surface area contributed by atoms with Crippen molar-refractivity contribution < 1.29 is 9.47 Å². The molecule has 0 saturated heterocycles. The van der Waals surface area contributed by atoms with Gasteiger partial charge in [-0.1, -0.05) is 0 Å². The van der Waals surface area contributed by atoms with Crippen LogP contribution in [0.4, 0.5) is 0 Å². The first kappa shape index (κ1) is 12.8. The second-order valence-corrected chi connectivity index (χ2v) is 4.87. The van der Waals surface area contributed by atoms with E-state index >= 15 is 0 Å². The molecule has 0 amide bonds. The van der Waals surface area contributed by atoms with E-state index in [1.807, 2.05) is 0 Å². The van der Waals surface area contributed by atoms with Crippen LogP contribution in [0.1, 0.15) is 5.56 Å². The van der Waals surface area contributed by atoms with Crippen molar-refractivity contribution >= 4 is 47.8 Å². The van der Waals surface area contributed by atoms with Crippen LogP contribution in [0.5, 0.6) is 11.5 Å². The number of nitriles is 1. The summed E-state index contributed by atoms with van der Waals surface area (Å²) in [5.41, 5.74) is 0.414. The summed E-state index contributed by atoms with van der Waals surface area (Å²) < 4.78 is 12.2. The number of halogens is 3. The minimum atomic E-state index is 0.414. The van der Waals surface area contributed by atoms with Crippen LogP contribution >= 0.6 is 47.8 Å². The van der Waals surface area contributed by atoms with Crippen molar-refractivity contribution in [2.24, 2.45) is 0 Å². The molecule has 0 saturated carbocycles. The highest BCUT2D eigenvalue weighted by molar-refractivity contribution is 9.13. The highest BCUT2D eigenvalue weighted by Crippen LogP contribution is 2.47. The van der Waals surface area contributed by atoms with Gasteiger partial charge in [-0.15, -0.1) is 0 Å². The molecule has 0 aliphatic rings. The quantitative estimate of drug-likeness (QED) is 0.709. The van der Waals surface area contributed by atoms with Crippen molar-refractivity contribution in [3.63, 3.8) is 0 Å². The predicted molar refractivity (Wildman–Crippen MR) is 67.4 cm³/mol. The van der Waals surface area contributed by atoms with E-state index in [0.717, 1.165) is 0 Å². The van der Waals surface area contributed by atoms with Gasteiger partial charge in [-0.05, 0) is 47.8 Å². The molecule has 1 rings (SSSR count). The number of hydrogen-bond acceptors (Lipinski definition) is 3. The number of hydrogen-bond donors (Lipinski definition) is 0. The molecule has 0 spiro atoms. The largest absolute Gasteiger partial charge is 0.494 e. The fraction of sp³-hybridized carbons (Fsp3) is 0.222. The average molecular weight is 400 g/mol. The minimum absolute atomic E-state index is 0.414. The van der Waals surface area contributed by atoms with E-state index in [0.29, 0.717) is 30.5 Å². The Morgan fingerprint density at radius 3 is 1.87 bits per heavy atom. The number of benzene rings is 1. The second kappa shape index (κ2) is 5.19. The maximum Gasteiger partial charge on any atom is 0.155 e. The van der Waals surface area contributed by atoms with E-state index < -0.39 is 0 Å². The van der Waals surface area contributed by atoms with Crippen LogP contribution in [0.3, 0.4) is 0 Å². The van der Waals surface area contributed by atoms with Gasteiger partial charge in [0.15, 0.2) is 11.5 Å². The highest BCUT2D eigenvalue weighted by atomic mass is 79.9. The molecule has 0 heterocycles. The zero-order chi connectivity index (χ0) is 11.6. The van der Waals surface area contributed by atoms with Crippen molar-refractivity contribution in [2.45, 2.75) is 0 Å². The van der Waals surface area contributed by atoms with Crippen molar-refractivity contribution in [3.8, 4) is 17.6 Å². The maximum atomic E-state index is 9.00. The van der Waals surface area contributed by atoms with Crippen LogP contribution in [0.25, 0.3) is 0 Å². The molecule has 0 aliphatic heterocycles. The summed E-state index contributed by atoms with van der Waals surface area (Å²) in [6.45, 7) is 0. The lowest BCUT2D eigenvalue weighted by molar-refractivity contribution is 0.386. The van der Waals surface area contributed by atoms with Gasteiger partial charge in [0.2, 0.25) is 0 Å². The Balaban J connectivity index is 3.67. The molecular formula is C9H6Br3NO2. The lowest BCUT2D eigenvalue weighted by atomic mass is 10.2. The van der Waals surface area contributed by atoms with Gasteiger partial charge in [0, 0.05) is 0 Å². The lowest BCUT2D eigenvalue weighted by Crippen LogP contribution is -1.96. The molecule has 1 aromatic carbocycles. The van der Waals surface area contributed by atoms with Crippen LogP contribution in [0.2, 0.25) is 0 Å². The van der Waals surface area contributed by atoms with Crippen LogP contribution in [0, 0.1) is 11.3 Å². The van der Waals surface area contributed by atoms with Crippen LogP contribution < -0.4 is 9.47 Å². The van der Waals surface area contributed by atoms with E-state index in [1.165, 1.54) is 7.11 Å². The Morgan fingerprint density at radius 2 is 1.47 bits per heavy atom. The van der Waals surface area contributed by atoms with Gasteiger partial charge in [0.05, 0.1) is 23.2 Å². The third kappa shape index (κ3) is 2.14. The summed E-state index contributed by atoms with van der Waals surface area (Å²) >= 11 is 9.97. The molecule has 0 fully saturated rings. The lowest BCUT2D eigenvalue weighted by Gasteiger charge is -2.13. The SMILES string of the molecule is COc1c(Br)c(Br)c(C#N)c(OC)c1Br. The molecule has 0 radical (unpaired) electrons. The Kier molecular flexibility index (Phi) is 4.44. The monoisotopic (exact) mass is 397 g/mol. The van der Waals surface area contributed by atoms with Gasteiger partial charge in [-0.2, -0.15) is 5.26 Å². The molecule has 6 heteroatoms. The van der Waals surface area contributed by atoms with Crippen LogP contribution in [0.15, 0.2) is 13.4 Å². The Hall–Kier alpha value is -0.250. The van der Waals surface area contributed by atoms with Crippen molar-refractivity contribution in [1.82, 2.24) is 0 Å². The number of nitrogens with zero attached hydrogens (tertiary/aromatic N) is 1. The van der Waals surface area contributed by atoms with Crippen molar-refractivity contribution in [2.75, 3.05) is 14.2 Å². The van der Waals surface area contributed by atoms with Gasteiger partial charge in [-0.3, -0.25) is 0 Å². The van der Waals surface area contributed by atoms with E-state index in [2.05, 4.69) is 53.9 Å². The van der Waals surface area contributed by atoms with Crippen molar-refractivity contribution in [3.05, 3.63) is 19.0 Å². The summed E-state index contributed by atoms with van der Waals surface area (Å²) in [7, 11) is 3.05. The molecule has 3 nitrogen and oxygen atoms in total. The number of ether oxygens (including phenoxy) is 2. The zero-order valence-corrected chi connectivity index (χ0v) is 12.7. The summed E-state index contributed by atoms with van der Waals surface area (Å²) in [5.74, 6) is 1.03. The van der Waals surface area contributed by atoms with Crippen LogP contribution in [-0.2, 0) is 0 Å². The summed E-state index contributed by atoms with van der Waals surface area (Å²) in [6, 6.07) is 2.06. The number of rotatable bonds is 2. The third-order valence-electron chi connectivity index (χ3n) is 1.76. The summed E-state index contributed by atoms with van der Waals surface area (Å²) in [6.07, 6.45) is 0. The molecule has 0 unspecified atom stereocenters. The molecule has 1 aromatic rings. The molecule has 0 aliphatic carbocycles. The zero-order valence-electron chi connectivity index (χ0n) is 7.90. The molecule has 15 heavy (non-hydrogen) atoms. The first-order chi connectivity index (χ1) is 7.08. The Morgan fingerprint density at radius 1 is 0.933 bits per heavy atom. The van der Waals surface area contributed by atoms with Gasteiger partial charge in [-0.25, -0.2) is 0 Å². The molecular weight excluding hydrogens is 394 g/mol. The maximum absolute atomic E-state index is 9.00. The van der Waals surface area contributed by atoms with Gasteiger partial charge in [0.25, 0.3) is 0 Å². The standard InChI is InChI=1S/C9H6Br3NO2/c1-14-8-4(3-13)5(10)6(11)9(15-2)7(8)12/h1-2H3. The summed E-state index contributed by atoms with van der Waals surface area (Å²) in [5, 5.41) is 9.00. The van der Waals surface area contributed by atoms with E-state index in [1.54, 1.807) is 7.11 Å². The fourth-order valence-electron chi connectivity index (χ4n) is 1.09. The predicted octanol–water partition coefficient (Wildman–Crippen LogP) is 3.86. The van der Waals surface area contributed by atoms with E-state index in [9.17, 15) is 0 Å². The van der Waals surface area contributed by atoms with Gasteiger partial charge in [0.1, 0.15) is 16.1 Å². The second-order valence-electron chi connectivity index (χ2n) is 2.50. The third-order valence-corrected chi connectivity index (χ3v) is 4.56. The molecule has 80 valence electrons. The first-order valence-corrected chi connectivity index (χ1v) is 6.14. The van der Waals surface area contributed by atoms with Crippen molar-refractivity contribution in [1.29, 1.82) is 5.26 Å². The number of methoxy groups -OCH3 is 2. The van der Waals surface area contributed by atoms with Crippen LogP contribution in [-0.4, -0.2) is 14.2 Å². The molecule has 0 atom stereocenters. The Labute approximate surface area is 113 Å². The van der Waals surface area contributed by atoms with Gasteiger partial charge < -0.3 is 9.47 Å². The fourth-order valence-corrected chi connectivity index (χ4v) is 3.08. The van der Waals surface area contributed by atoms with E-state index in [4.69, 9.17) is 14.7 Å². The van der Waals surface area contributed by atoms with E-state index in [-0.39, 0.29) is 0 Å². The van der Waals surface area contributed by atoms with Gasteiger partial charge >= 0.3 is 0 Å². The first-order valence-electron chi connectivity index (χ1n) is 3.77.